The smallest absolute Gasteiger partial charge is 0.335 e. The maximum atomic E-state index is 10.8. The number of aromatic carboxylic acids is 1. The van der Waals surface area contributed by atoms with Crippen LogP contribution in [0, 0.1) is 11.3 Å². The number of carboxylic acid groups (broad SMARTS) is 1. The molecule has 2 aromatic rings. The van der Waals surface area contributed by atoms with Crippen molar-refractivity contribution in [1.29, 1.82) is 5.26 Å². The minimum atomic E-state index is -0.934. The van der Waals surface area contributed by atoms with Gasteiger partial charge in [0, 0.05) is 14.3 Å². The van der Waals surface area contributed by atoms with Gasteiger partial charge in [-0.15, -0.1) is 0 Å². The Morgan fingerprint density at radius 1 is 1.21 bits per heavy atom. The molecule has 0 unspecified atom stereocenters. The van der Waals surface area contributed by atoms with Crippen molar-refractivity contribution >= 4 is 33.7 Å². The van der Waals surface area contributed by atoms with Gasteiger partial charge in [0.1, 0.15) is 0 Å². The number of hydrogen-bond donors (Lipinski definition) is 1. The van der Waals surface area contributed by atoms with Gasteiger partial charge in [-0.05, 0) is 58.4 Å². The van der Waals surface area contributed by atoms with Crippen LogP contribution in [-0.2, 0) is 0 Å². The van der Waals surface area contributed by atoms with Gasteiger partial charge in [-0.3, -0.25) is 0 Å². The van der Waals surface area contributed by atoms with Crippen LogP contribution in [0.5, 0.6) is 0 Å². The third kappa shape index (κ3) is 3.37. The molecular weight excluding hydrogens is 326 g/mol. The highest BCUT2D eigenvalue weighted by Crippen LogP contribution is 2.34. The maximum absolute atomic E-state index is 10.8. The summed E-state index contributed by atoms with van der Waals surface area (Å²) in [5.74, 6) is -0.934. The second-order valence-corrected chi connectivity index (χ2v) is 5.66. The summed E-state index contributed by atoms with van der Waals surface area (Å²) < 4.78 is 0.846. The first-order chi connectivity index (χ1) is 9.10. The number of nitriles is 1. The van der Waals surface area contributed by atoms with Gasteiger partial charge in [-0.2, -0.15) is 5.26 Å². The zero-order chi connectivity index (χ0) is 13.8. The van der Waals surface area contributed by atoms with Gasteiger partial charge in [-0.1, -0.05) is 11.8 Å². The molecule has 0 saturated carbocycles. The van der Waals surface area contributed by atoms with Crippen molar-refractivity contribution < 1.29 is 9.90 Å². The van der Waals surface area contributed by atoms with E-state index in [0.717, 1.165) is 14.3 Å². The quantitative estimate of drug-likeness (QED) is 0.915. The lowest BCUT2D eigenvalue weighted by molar-refractivity contribution is 0.0697. The van der Waals surface area contributed by atoms with E-state index < -0.39 is 5.97 Å². The van der Waals surface area contributed by atoms with Crippen LogP contribution >= 0.6 is 27.7 Å². The Balaban J connectivity index is 2.22. The number of carboxylic acids is 1. The van der Waals surface area contributed by atoms with Crippen molar-refractivity contribution in [3.63, 3.8) is 0 Å². The van der Waals surface area contributed by atoms with Crippen LogP contribution in [0.15, 0.2) is 56.7 Å². The van der Waals surface area contributed by atoms with Gasteiger partial charge in [0.2, 0.25) is 0 Å². The fraction of sp³-hybridized carbons (Fsp3) is 0. The fourth-order valence-corrected chi connectivity index (χ4v) is 2.89. The molecule has 94 valence electrons. The SMILES string of the molecule is N#Cc1ccc(Sc2ccc(C(=O)O)cc2)c(Br)c1. The van der Waals surface area contributed by atoms with E-state index in [0.29, 0.717) is 5.56 Å². The summed E-state index contributed by atoms with van der Waals surface area (Å²) in [5, 5.41) is 17.6. The molecule has 0 aromatic heterocycles. The van der Waals surface area contributed by atoms with Crippen LogP contribution in [-0.4, -0.2) is 11.1 Å². The molecule has 0 saturated heterocycles. The molecule has 0 bridgehead atoms. The Kier molecular flexibility index (Phi) is 4.25. The highest BCUT2D eigenvalue weighted by atomic mass is 79.9. The maximum Gasteiger partial charge on any atom is 0.335 e. The van der Waals surface area contributed by atoms with Crippen molar-refractivity contribution in [3.8, 4) is 6.07 Å². The van der Waals surface area contributed by atoms with Gasteiger partial charge in [0.15, 0.2) is 0 Å². The van der Waals surface area contributed by atoms with Crippen LogP contribution in [0.25, 0.3) is 0 Å². The van der Waals surface area contributed by atoms with E-state index in [1.807, 2.05) is 6.07 Å². The van der Waals surface area contributed by atoms with E-state index in [-0.39, 0.29) is 5.56 Å². The Bertz CT molecular complexity index is 662. The standard InChI is InChI=1S/C14H8BrNO2S/c15-12-7-9(8-16)1-6-13(12)19-11-4-2-10(3-5-11)14(17)18/h1-7H,(H,17,18). The molecule has 0 spiro atoms. The van der Waals surface area contributed by atoms with Crippen LogP contribution in [0.4, 0.5) is 0 Å². The number of carbonyl (C=O) groups is 1. The van der Waals surface area contributed by atoms with E-state index >= 15 is 0 Å². The average molecular weight is 334 g/mol. The van der Waals surface area contributed by atoms with Crippen molar-refractivity contribution in [2.45, 2.75) is 9.79 Å². The summed E-state index contributed by atoms with van der Waals surface area (Å²) >= 11 is 4.92. The lowest BCUT2D eigenvalue weighted by Gasteiger charge is -2.05. The molecule has 0 aliphatic heterocycles. The zero-order valence-corrected chi connectivity index (χ0v) is 12.0. The summed E-state index contributed by atoms with van der Waals surface area (Å²) in [5.41, 5.74) is 0.862. The van der Waals surface area contributed by atoms with E-state index in [2.05, 4.69) is 22.0 Å². The monoisotopic (exact) mass is 333 g/mol. The second-order valence-electron chi connectivity index (χ2n) is 3.69. The molecule has 0 heterocycles. The van der Waals surface area contributed by atoms with Gasteiger partial charge in [0.05, 0.1) is 17.2 Å². The Hall–Kier alpha value is -1.77. The summed E-state index contributed by atoms with van der Waals surface area (Å²) in [7, 11) is 0. The van der Waals surface area contributed by atoms with E-state index in [1.165, 1.54) is 11.8 Å². The molecule has 5 heteroatoms. The molecule has 0 aliphatic carbocycles. The van der Waals surface area contributed by atoms with E-state index in [4.69, 9.17) is 10.4 Å². The minimum absolute atomic E-state index is 0.267. The molecule has 0 radical (unpaired) electrons. The molecule has 1 N–H and O–H groups in total. The van der Waals surface area contributed by atoms with Crippen molar-refractivity contribution in [1.82, 2.24) is 0 Å². The summed E-state index contributed by atoms with van der Waals surface area (Å²) in [6, 6.07) is 14.1. The van der Waals surface area contributed by atoms with E-state index in [1.54, 1.807) is 36.4 Å². The normalized spacial score (nSPS) is 9.89. The van der Waals surface area contributed by atoms with Crippen molar-refractivity contribution in [3.05, 3.63) is 58.1 Å². The minimum Gasteiger partial charge on any atom is -0.478 e. The molecule has 3 nitrogen and oxygen atoms in total. The Morgan fingerprint density at radius 2 is 1.89 bits per heavy atom. The highest BCUT2D eigenvalue weighted by molar-refractivity contribution is 9.10. The first-order valence-electron chi connectivity index (χ1n) is 5.31. The second kappa shape index (κ2) is 5.91. The van der Waals surface area contributed by atoms with Gasteiger partial charge in [0.25, 0.3) is 0 Å². The van der Waals surface area contributed by atoms with Crippen LogP contribution in [0.2, 0.25) is 0 Å². The molecule has 2 rings (SSSR count). The molecule has 0 fully saturated rings. The van der Waals surface area contributed by atoms with Crippen LogP contribution in [0.1, 0.15) is 15.9 Å². The molecule has 2 aromatic carbocycles. The summed E-state index contributed by atoms with van der Waals surface area (Å²) in [4.78, 5) is 12.7. The van der Waals surface area contributed by atoms with Crippen LogP contribution in [0.3, 0.4) is 0 Å². The molecule has 0 aliphatic rings. The Labute approximate surface area is 123 Å². The zero-order valence-electron chi connectivity index (χ0n) is 9.63. The number of hydrogen-bond acceptors (Lipinski definition) is 3. The fourth-order valence-electron chi connectivity index (χ4n) is 1.45. The average Bonchev–Trinajstić information content (AvgIpc) is 2.41. The first kappa shape index (κ1) is 13.7. The third-order valence-corrected chi connectivity index (χ3v) is 4.39. The van der Waals surface area contributed by atoms with Gasteiger partial charge in [-0.25, -0.2) is 4.79 Å². The van der Waals surface area contributed by atoms with E-state index in [9.17, 15) is 4.79 Å². The van der Waals surface area contributed by atoms with Crippen molar-refractivity contribution in [2.75, 3.05) is 0 Å². The van der Waals surface area contributed by atoms with Crippen molar-refractivity contribution in [2.24, 2.45) is 0 Å². The third-order valence-electron chi connectivity index (χ3n) is 2.39. The lowest BCUT2D eigenvalue weighted by atomic mass is 10.2. The Morgan fingerprint density at radius 3 is 2.42 bits per heavy atom. The summed E-state index contributed by atoms with van der Waals surface area (Å²) in [6.45, 7) is 0. The van der Waals surface area contributed by atoms with Gasteiger partial charge < -0.3 is 5.11 Å². The highest BCUT2D eigenvalue weighted by Gasteiger charge is 2.06. The summed E-state index contributed by atoms with van der Waals surface area (Å²) in [6.07, 6.45) is 0. The molecule has 0 atom stereocenters. The number of rotatable bonds is 3. The number of nitrogens with zero attached hydrogens (tertiary/aromatic N) is 1. The lowest BCUT2D eigenvalue weighted by Crippen LogP contribution is -1.94. The largest absolute Gasteiger partial charge is 0.478 e. The predicted molar refractivity (Wildman–Crippen MR) is 76.4 cm³/mol. The van der Waals surface area contributed by atoms with Gasteiger partial charge >= 0.3 is 5.97 Å². The number of halogens is 1. The molecular formula is C14H8BrNO2S. The van der Waals surface area contributed by atoms with Crippen LogP contribution < -0.4 is 0 Å². The first-order valence-corrected chi connectivity index (χ1v) is 6.92. The number of benzene rings is 2. The molecule has 19 heavy (non-hydrogen) atoms. The molecule has 0 amide bonds. The topological polar surface area (TPSA) is 61.1 Å². The predicted octanol–water partition coefficient (Wildman–Crippen LogP) is 4.17.